The van der Waals surface area contributed by atoms with E-state index in [-0.39, 0.29) is 0 Å². The maximum absolute atomic E-state index is 6.02. The molecule has 2 aromatic rings. The summed E-state index contributed by atoms with van der Waals surface area (Å²) < 4.78 is 2.59. The molecule has 0 spiro atoms. The lowest BCUT2D eigenvalue weighted by molar-refractivity contribution is 0.689. The molecule has 0 radical (unpaired) electrons. The summed E-state index contributed by atoms with van der Waals surface area (Å²) in [6, 6.07) is 5.50. The molecule has 2 rings (SSSR count). The Balaban J connectivity index is 2.07. The second kappa shape index (κ2) is 7.97. The summed E-state index contributed by atoms with van der Waals surface area (Å²) in [6.07, 6.45) is 3.59. The van der Waals surface area contributed by atoms with Gasteiger partial charge in [0.25, 0.3) is 0 Å². The van der Waals surface area contributed by atoms with Gasteiger partial charge in [-0.15, -0.1) is 6.58 Å². The van der Waals surface area contributed by atoms with E-state index >= 15 is 0 Å². The lowest BCUT2D eigenvalue weighted by atomic mass is 10.2. The molecule has 116 valence electrons. The monoisotopic (exact) mass is 418 g/mol. The normalized spacial score (nSPS) is 10.3. The van der Waals surface area contributed by atoms with Crippen LogP contribution in [0.1, 0.15) is 5.56 Å². The van der Waals surface area contributed by atoms with E-state index in [9.17, 15) is 0 Å². The van der Waals surface area contributed by atoms with Crippen molar-refractivity contribution in [3.05, 3.63) is 57.1 Å². The Morgan fingerprint density at radius 2 is 2.18 bits per heavy atom. The van der Waals surface area contributed by atoms with E-state index in [4.69, 9.17) is 35.4 Å². The number of aromatic nitrogens is 2. The molecule has 1 aromatic carbocycles. The molecule has 22 heavy (non-hydrogen) atoms. The zero-order chi connectivity index (χ0) is 16.1. The summed E-state index contributed by atoms with van der Waals surface area (Å²) in [4.78, 5) is 0. The first kappa shape index (κ1) is 17.3. The molecule has 0 fully saturated rings. The van der Waals surface area contributed by atoms with Gasteiger partial charge in [-0.25, -0.2) is 0 Å². The van der Waals surface area contributed by atoms with Gasteiger partial charge in [0.2, 0.25) is 0 Å². The van der Waals surface area contributed by atoms with Crippen LogP contribution in [0.3, 0.4) is 0 Å². The molecular formula is C14H13BrCl2N4S. The van der Waals surface area contributed by atoms with Crippen molar-refractivity contribution in [1.29, 1.82) is 0 Å². The lowest BCUT2D eigenvalue weighted by Gasteiger charge is -2.06. The average Bonchev–Trinajstić information content (AvgIpc) is 2.80. The summed E-state index contributed by atoms with van der Waals surface area (Å²) in [5.41, 5.74) is 1.00. The van der Waals surface area contributed by atoms with Crippen molar-refractivity contribution >= 4 is 62.3 Å². The zero-order valence-electron chi connectivity index (χ0n) is 11.4. The smallest absolute Gasteiger partial charge is 0.172 e. The maximum Gasteiger partial charge on any atom is 0.172 e. The highest BCUT2D eigenvalue weighted by Gasteiger charge is 2.09. The highest BCUT2D eigenvalue weighted by molar-refractivity contribution is 9.10. The topological polar surface area (TPSA) is 41.9 Å². The third-order valence-electron chi connectivity index (χ3n) is 2.68. The molecule has 0 aliphatic carbocycles. The number of halogens is 3. The fraction of sp³-hybridized carbons (Fsp3) is 0.143. The van der Waals surface area contributed by atoms with Crippen LogP contribution in [0, 0.1) is 0 Å². The lowest BCUT2D eigenvalue weighted by Crippen LogP contribution is -2.28. The van der Waals surface area contributed by atoms with Gasteiger partial charge >= 0.3 is 0 Å². The van der Waals surface area contributed by atoms with E-state index < -0.39 is 0 Å². The van der Waals surface area contributed by atoms with Crippen LogP contribution in [0.2, 0.25) is 10.0 Å². The fourth-order valence-electron chi connectivity index (χ4n) is 1.70. The van der Waals surface area contributed by atoms with E-state index in [1.807, 2.05) is 18.3 Å². The van der Waals surface area contributed by atoms with Crippen LogP contribution < -0.4 is 10.6 Å². The average molecular weight is 420 g/mol. The van der Waals surface area contributed by atoms with E-state index in [0.29, 0.717) is 34.1 Å². The van der Waals surface area contributed by atoms with Crippen molar-refractivity contribution in [3.8, 4) is 0 Å². The van der Waals surface area contributed by atoms with Crippen LogP contribution >= 0.6 is 51.3 Å². The van der Waals surface area contributed by atoms with Crippen molar-refractivity contribution < 1.29 is 0 Å². The first-order chi connectivity index (χ1) is 10.5. The Kier molecular flexibility index (Phi) is 6.26. The van der Waals surface area contributed by atoms with Crippen LogP contribution in [0.15, 0.2) is 41.5 Å². The summed E-state index contributed by atoms with van der Waals surface area (Å²) >= 11 is 20.5. The minimum absolute atomic E-state index is 0.486. The van der Waals surface area contributed by atoms with E-state index in [0.717, 1.165) is 10.0 Å². The first-order valence-corrected chi connectivity index (χ1v) is 8.28. The Hall–Kier alpha value is -1.08. The number of thiocarbonyl (C=S) groups is 1. The summed E-state index contributed by atoms with van der Waals surface area (Å²) in [5, 5.41) is 12.0. The molecule has 0 unspecified atom stereocenters. The SMILES string of the molecule is C=CCNC(=S)Nc1nn(Cc2ccc(Cl)c(Cl)c2)cc1Br. The number of nitrogens with one attached hydrogen (secondary N) is 2. The minimum atomic E-state index is 0.486. The highest BCUT2D eigenvalue weighted by atomic mass is 79.9. The van der Waals surface area contributed by atoms with Gasteiger partial charge in [0.05, 0.1) is 21.1 Å². The van der Waals surface area contributed by atoms with E-state index in [1.54, 1.807) is 16.8 Å². The molecule has 0 aliphatic rings. The predicted octanol–water partition coefficient (Wildman–Crippen LogP) is 4.47. The predicted molar refractivity (Wildman–Crippen MR) is 99.9 cm³/mol. The summed E-state index contributed by atoms with van der Waals surface area (Å²) in [5.74, 6) is 0.640. The third-order valence-corrected chi connectivity index (χ3v) is 4.25. The van der Waals surface area contributed by atoms with Gasteiger partial charge in [0, 0.05) is 12.7 Å². The van der Waals surface area contributed by atoms with Gasteiger partial charge in [0.15, 0.2) is 10.9 Å². The van der Waals surface area contributed by atoms with Gasteiger partial charge < -0.3 is 10.6 Å². The molecule has 0 atom stereocenters. The Morgan fingerprint density at radius 3 is 2.86 bits per heavy atom. The number of anilines is 1. The van der Waals surface area contributed by atoms with Gasteiger partial charge in [-0.2, -0.15) is 5.10 Å². The van der Waals surface area contributed by atoms with Crippen LogP contribution in [-0.2, 0) is 6.54 Å². The van der Waals surface area contributed by atoms with Crippen molar-refractivity contribution in [2.24, 2.45) is 0 Å². The third kappa shape index (κ3) is 4.71. The van der Waals surface area contributed by atoms with E-state index in [1.165, 1.54) is 0 Å². The molecule has 2 N–H and O–H groups in total. The largest absolute Gasteiger partial charge is 0.359 e. The van der Waals surface area contributed by atoms with Gasteiger partial charge in [0.1, 0.15) is 0 Å². The zero-order valence-corrected chi connectivity index (χ0v) is 15.4. The molecule has 0 aliphatic heterocycles. The number of hydrogen-bond donors (Lipinski definition) is 2. The van der Waals surface area contributed by atoms with Crippen molar-refractivity contribution in [3.63, 3.8) is 0 Å². The molecule has 1 aromatic heterocycles. The molecule has 8 heteroatoms. The van der Waals surface area contributed by atoms with Crippen LogP contribution in [0.4, 0.5) is 5.82 Å². The molecule has 0 saturated heterocycles. The summed E-state index contributed by atoms with van der Waals surface area (Å²) in [7, 11) is 0. The number of benzene rings is 1. The van der Waals surface area contributed by atoms with E-state index in [2.05, 4.69) is 38.2 Å². The fourth-order valence-corrected chi connectivity index (χ4v) is 2.62. The Bertz CT molecular complexity index is 702. The first-order valence-electron chi connectivity index (χ1n) is 6.32. The van der Waals surface area contributed by atoms with Crippen LogP contribution in [-0.4, -0.2) is 21.4 Å². The maximum atomic E-state index is 6.02. The Morgan fingerprint density at radius 1 is 1.41 bits per heavy atom. The molecule has 0 saturated carbocycles. The van der Waals surface area contributed by atoms with Crippen molar-refractivity contribution in [2.75, 3.05) is 11.9 Å². The number of rotatable bonds is 5. The quantitative estimate of drug-likeness (QED) is 0.554. The molecule has 0 amide bonds. The highest BCUT2D eigenvalue weighted by Crippen LogP contribution is 2.24. The Labute approximate surface area is 152 Å². The van der Waals surface area contributed by atoms with Gasteiger partial charge in [-0.3, -0.25) is 4.68 Å². The van der Waals surface area contributed by atoms with Crippen LogP contribution in [0.5, 0.6) is 0 Å². The number of hydrogen-bond acceptors (Lipinski definition) is 2. The van der Waals surface area contributed by atoms with Crippen molar-refractivity contribution in [2.45, 2.75) is 6.54 Å². The second-order valence-electron chi connectivity index (χ2n) is 4.40. The van der Waals surface area contributed by atoms with Crippen molar-refractivity contribution in [1.82, 2.24) is 15.1 Å². The molecular weight excluding hydrogens is 407 g/mol. The molecule has 0 bridgehead atoms. The molecule has 4 nitrogen and oxygen atoms in total. The second-order valence-corrected chi connectivity index (χ2v) is 6.47. The summed E-state index contributed by atoms with van der Waals surface area (Å²) in [6.45, 7) is 4.79. The van der Waals surface area contributed by atoms with Crippen LogP contribution in [0.25, 0.3) is 0 Å². The van der Waals surface area contributed by atoms with Gasteiger partial charge in [-0.1, -0.05) is 35.3 Å². The number of nitrogens with zero attached hydrogens (tertiary/aromatic N) is 2. The minimum Gasteiger partial charge on any atom is -0.359 e. The standard InChI is InChI=1S/C14H13BrCl2N4S/c1-2-5-18-14(22)19-13-10(15)8-21(20-13)7-9-3-4-11(16)12(17)6-9/h2-4,6,8H,1,5,7H2,(H2,18,19,20,22). The molecule has 1 heterocycles. The van der Waals surface area contributed by atoms with Gasteiger partial charge in [-0.05, 0) is 45.8 Å².